The van der Waals surface area contributed by atoms with Gasteiger partial charge in [-0.05, 0) is 62.8 Å². The minimum atomic E-state index is -1.72. The average molecular weight is 1040 g/mol. The van der Waals surface area contributed by atoms with E-state index in [2.05, 4.69) is 47.5 Å². The van der Waals surface area contributed by atoms with E-state index in [1.165, 1.54) is 13.8 Å². The Morgan fingerprint density at radius 1 is 0.722 bits per heavy atom. The van der Waals surface area contributed by atoms with Crippen molar-refractivity contribution < 1.29 is 58.2 Å². The molecule has 2 heterocycles. The van der Waals surface area contributed by atoms with Gasteiger partial charge in [-0.25, -0.2) is 4.79 Å². The van der Waals surface area contributed by atoms with Crippen LogP contribution in [0.4, 0.5) is 0 Å². The third-order valence-corrected chi connectivity index (χ3v) is 13.9. The molecule has 0 bridgehead atoms. The number of hydrogen-bond acceptors (Lipinski definition) is 14. The van der Waals surface area contributed by atoms with Gasteiger partial charge in [-0.1, -0.05) is 84.0 Å². The van der Waals surface area contributed by atoms with Gasteiger partial charge in [-0.15, -0.1) is 0 Å². The average Bonchev–Trinajstić information content (AvgIpc) is 3.74. The van der Waals surface area contributed by atoms with E-state index in [4.69, 9.17) is 11.5 Å². The van der Waals surface area contributed by atoms with E-state index in [1.54, 1.807) is 56.4 Å². The van der Waals surface area contributed by atoms with Crippen LogP contribution >= 0.6 is 21.6 Å². The largest absolute Gasteiger partial charge is 0.481 e. The molecule has 8 amide bonds. The molecule has 0 spiro atoms. The number of aromatic nitrogens is 1. The van der Waals surface area contributed by atoms with Gasteiger partial charge < -0.3 is 69.2 Å². The lowest BCUT2D eigenvalue weighted by molar-refractivity contribution is -0.143. The van der Waals surface area contributed by atoms with Crippen LogP contribution in [0.25, 0.3) is 10.9 Å². The molecule has 1 aliphatic heterocycles. The number of fused-ring (bicyclic) bond motifs is 1. The topological polar surface area (TPSA) is 375 Å². The van der Waals surface area contributed by atoms with Crippen molar-refractivity contribution in [3.05, 3.63) is 71.9 Å². The van der Waals surface area contributed by atoms with Gasteiger partial charge in [0.05, 0.1) is 12.5 Å². The molecule has 1 saturated heterocycles. The van der Waals surface area contributed by atoms with Crippen LogP contribution in [0.1, 0.15) is 64.5 Å². The van der Waals surface area contributed by atoms with Crippen LogP contribution in [0.2, 0.25) is 0 Å². The molecule has 0 unspecified atom stereocenters. The van der Waals surface area contributed by atoms with Gasteiger partial charge in [0.1, 0.15) is 48.3 Å². The number of amides is 8. The van der Waals surface area contributed by atoms with Crippen molar-refractivity contribution in [2.24, 2.45) is 17.4 Å². The van der Waals surface area contributed by atoms with Crippen molar-refractivity contribution in [3.63, 3.8) is 0 Å². The minimum Gasteiger partial charge on any atom is -0.481 e. The summed E-state index contributed by atoms with van der Waals surface area (Å²) in [5.74, 6) is -11.1. The van der Waals surface area contributed by atoms with Gasteiger partial charge in [0.15, 0.2) is 0 Å². The first-order chi connectivity index (χ1) is 34.2. The number of aliphatic carboxylic acids is 2. The van der Waals surface area contributed by atoms with Crippen LogP contribution in [0.3, 0.4) is 0 Å². The molecule has 2 aromatic carbocycles. The van der Waals surface area contributed by atoms with Gasteiger partial charge in [-0.2, -0.15) is 0 Å². The van der Waals surface area contributed by atoms with Gasteiger partial charge >= 0.3 is 11.9 Å². The highest BCUT2D eigenvalue weighted by Crippen LogP contribution is 2.24. The fourth-order valence-corrected chi connectivity index (χ4v) is 9.70. The highest BCUT2D eigenvalue weighted by atomic mass is 33.1. The van der Waals surface area contributed by atoms with Gasteiger partial charge in [0.25, 0.3) is 0 Å². The molecule has 0 aliphatic carbocycles. The number of nitrogens with two attached hydrogens (primary N) is 2. The minimum absolute atomic E-state index is 0.0591. The van der Waals surface area contributed by atoms with Crippen molar-refractivity contribution in [2.45, 2.75) is 121 Å². The molecule has 9 atom stereocenters. The summed E-state index contributed by atoms with van der Waals surface area (Å²) in [6.07, 6.45) is 1.41. The number of carbonyl (C=O) groups excluding carboxylic acids is 8. The Morgan fingerprint density at radius 3 is 1.97 bits per heavy atom. The van der Waals surface area contributed by atoms with E-state index in [1.807, 2.05) is 18.2 Å². The zero-order chi connectivity index (χ0) is 53.1. The van der Waals surface area contributed by atoms with Crippen molar-refractivity contribution in [1.29, 1.82) is 0 Å². The number of carbonyl (C=O) groups is 10. The maximum atomic E-state index is 14.7. The van der Waals surface area contributed by atoms with Crippen LogP contribution in [-0.4, -0.2) is 147 Å². The molecule has 1 fully saturated rings. The number of unbranched alkanes of at least 4 members (excludes halogenated alkanes) is 1. The number of aromatic amines is 1. The molecule has 0 saturated carbocycles. The quantitative estimate of drug-likeness (QED) is 0.0533. The van der Waals surface area contributed by atoms with E-state index in [-0.39, 0.29) is 37.3 Å². The molecule has 15 N–H and O–H groups in total. The van der Waals surface area contributed by atoms with Gasteiger partial charge in [-0.3, -0.25) is 43.2 Å². The number of para-hydroxylation sites is 1. The third-order valence-electron chi connectivity index (χ3n) is 11.5. The summed E-state index contributed by atoms with van der Waals surface area (Å²) < 4.78 is 0. The monoisotopic (exact) mass is 1040 g/mol. The highest BCUT2D eigenvalue weighted by molar-refractivity contribution is 8.76. The Labute approximate surface area is 423 Å². The Morgan fingerprint density at radius 2 is 1.33 bits per heavy atom. The lowest BCUT2D eigenvalue weighted by Crippen LogP contribution is -2.61. The Bertz CT molecular complexity index is 2410. The fourth-order valence-electron chi connectivity index (χ4n) is 7.37. The maximum absolute atomic E-state index is 14.7. The highest BCUT2D eigenvalue weighted by Gasteiger charge is 2.36. The van der Waals surface area contributed by atoms with Crippen LogP contribution in [0.5, 0.6) is 0 Å². The molecule has 72 heavy (non-hydrogen) atoms. The van der Waals surface area contributed by atoms with Gasteiger partial charge in [0, 0.05) is 41.4 Å². The Balaban J connectivity index is 1.83. The molecular weight excluding hydrogens is 975 g/mol. The first-order valence-corrected chi connectivity index (χ1v) is 25.8. The lowest BCUT2D eigenvalue weighted by Gasteiger charge is -2.28. The molecule has 4 rings (SSSR count). The zero-order valence-corrected chi connectivity index (χ0v) is 42.0. The Hall–Kier alpha value is -6.70. The number of H-pyrrole nitrogens is 1. The van der Waals surface area contributed by atoms with E-state index >= 15 is 0 Å². The van der Waals surface area contributed by atoms with E-state index < -0.39 is 126 Å². The third kappa shape index (κ3) is 17.9. The second-order valence-electron chi connectivity index (χ2n) is 17.7. The number of rotatable bonds is 18. The number of nitrogens with one attached hydrogen (secondary N) is 9. The molecule has 3 aromatic rings. The molecular formula is C47H65N11O12S2. The summed E-state index contributed by atoms with van der Waals surface area (Å²) in [4.78, 5) is 139. The van der Waals surface area contributed by atoms with E-state index in [0.717, 1.165) is 32.5 Å². The van der Waals surface area contributed by atoms with Crippen LogP contribution in [0, 0.1) is 5.92 Å². The van der Waals surface area contributed by atoms with Crippen LogP contribution < -0.4 is 54.0 Å². The summed E-state index contributed by atoms with van der Waals surface area (Å²) >= 11 is 0. The lowest BCUT2D eigenvalue weighted by atomic mass is 10.0. The summed E-state index contributed by atoms with van der Waals surface area (Å²) in [6.45, 7) is 6.06. The number of carboxylic acid groups (broad SMARTS) is 2. The van der Waals surface area contributed by atoms with Crippen LogP contribution in [-0.2, 0) is 60.8 Å². The Kier molecular flexibility index (Phi) is 22.8. The molecule has 1 aliphatic rings. The maximum Gasteiger partial charge on any atom is 0.326 e. The smallest absolute Gasteiger partial charge is 0.326 e. The standard InChI is InChI=1S/C47H65N11O12S2/c1-24(2)38(47(69)70)58-46(68)36-23-72-71-22-35(57-44(66)34(20-37(59)60)53-39(61)25(3)49)45(67)54-32(18-27-12-6-5-7-13-27)42(64)55-33(19-28-21-50-30-15-9-8-14-29(28)30)43(65)52-31(16-10-11-17-48)41(63)51-26(4)40(62)56-36/h5-9,12-15,21,24-26,31-36,38,50H,10-11,16-20,22-23,48-49H2,1-4H3,(H,51,63)(H,52,65)(H,53,61)(H,54,67)(H,55,64)(H,56,62)(H,57,66)(H,58,68)(H,59,60)(H,69,70)/t25-,26-,31-,32-,33-,34-,35-,36-,38-/m0/s1. The normalized spacial score (nSPS) is 22.1. The van der Waals surface area contributed by atoms with Crippen molar-refractivity contribution in [1.82, 2.24) is 47.5 Å². The first-order valence-electron chi connectivity index (χ1n) is 23.3. The molecule has 0 radical (unpaired) electrons. The predicted molar refractivity (Wildman–Crippen MR) is 269 cm³/mol. The second-order valence-corrected chi connectivity index (χ2v) is 20.2. The SMILES string of the molecule is CC(C)[C@H](NC(=O)[C@@H]1CSSC[C@H](NC(=O)[C@H](CC(=O)O)NC(=O)[C@H](C)N)C(=O)N[C@@H](Cc2ccccc2)C(=O)N[C@@H](Cc2c[nH]c3ccccc23)C(=O)N[C@@H](CCCCN)C(=O)N[C@@H](C)C(=O)N1)C(=O)O. The second kappa shape index (κ2) is 28.4. The molecule has 23 nitrogen and oxygen atoms in total. The van der Waals surface area contributed by atoms with Gasteiger partial charge in [0.2, 0.25) is 47.3 Å². The van der Waals surface area contributed by atoms with Crippen molar-refractivity contribution in [2.75, 3.05) is 18.1 Å². The molecule has 25 heteroatoms. The van der Waals surface area contributed by atoms with E-state index in [9.17, 15) is 58.2 Å². The molecule has 392 valence electrons. The van der Waals surface area contributed by atoms with Crippen LogP contribution in [0.15, 0.2) is 60.8 Å². The predicted octanol–water partition coefficient (Wildman–Crippen LogP) is -1.06. The summed E-state index contributed by atoms with van der Waals surface area (Å²) in [7, 11) is 1.84. The summed E-state index contributed by atoms with van der Waals surface area (Å²) in [5.41, 5.74) is 13.4. The van der Waals surface area contributed by atoms with E-state index in [0.29, 0.717) is 24.0 Å². The summed E-state index contributed by atoms with van der Waals surface area (Å²) in [6, 6.07) is 3.13. The number of benzene rings is 2. The number of carboxylic acids is 2. The fraction of sp³-hybridized carbons (Fsp3) is 0.489. The first kappa shape index (κ1) is 57.9. The zero-order valence-electron chi connectivity index (χ0n) is 40.4. The summed E-state index contributed by atoms with van der Waals surface area (Å²) in [5, 5.41) is 40.8. The van der Waals surface area contributed by atoms with Crippen molar-refractivity contribution >= 4 is 91.7 Å². The van der Waals surface area contributed by atoms with Crippen molar-refractivity contribution in [3.8, 4) is 0 Å². The molecule has 1 aromatic heterocycles. The number of hydrogen-bond donors (Lipinski definition) is 13.